The number of rotatable bonds is 4. The van der Waals surface area contributed by atoms with Gasteiger partial charge in [-0.3, -0.25) is 4.79 Å². The maximum atomic E-state index is 13.6. The van der Waals surface area contributed by atoms with Crippen molar-refractivity contribution in [2.24, 2.45) is 5.92 Å². The van der Waals surface area contributed by atoms with Crippen LogP contribution in [0.5, 0.6) is 0 Å². The molecule has 1 fully saturated rings. The fourth-order valence-electron chi connectivity index (χ4n) is 3.47. The molecule has 1 amide bonds. The van der Waals surface area contributed by atoms with Gasteiger partial charge in [0, 0.05) is 12.1 Å². The molecule has 132 valence electrons. The zero-order valence-corrected chi connectivity index (χ0v) is 14.5. The lowest BCUT2D eigenvalue weighted by Crippen LogP contribution is -2.20. The number of hydrogen-bond donors (Lipinski definition) is 1. The van der Waals surface area contributed by atoms with Crippen molar-refractivity contribution in [2.75, 3.05) is 5.32 Å². The molecule has 0 atom stereocenters. The van der Waals surface area contributed by atoms with Gasteiger partial charge in [-0.05, 0) is 79.5 Å². The van der Waals surface area contributed by atoms with E-state index in [2.05, 4.69) is 5.32 Å². The molecule has 0 bridgehead atoms. The molecular formula is C20H20ClF2NO. The summed E-state index contributed by atoms with van der Waals surface area (Å²) in [6.45, 7) is 0. The highest BCUT2D eigenvalue weighted by molar-refractivity contribution is 6.30. The monoisotopic (exact) mass is 363 g/mol. The van der Waals surface area contributed by atoms with Gasteiger partial charge in [0.2, 0.25) is 5.91 Å². The molecule has 2 aromatic carbocycles. The van der Waals surface area contributed by atoms with Crippen LogP contribution in [-0.4, -0.2) is 5.91 Å². The lowest BCUT2D eigenvalue weighted by molar-refractivity contribution is -0.117. The average Bonchev–Trinajstić information content (AvgIpc) is 2.60. The van der Waals surface area contributed by atoms with E-state index in [4.69, 9.17) is 11.6 Å². The van der Waals surface area contributed by atoms with Crippen LogP contribution in [0.4, 0.5) is 14.5 Å². The number of amides is 1. The summed E-state index contributed by atoms with van der Waals surface area (Å²) in [6.07, 6.45) is 4.21. The van der Waals surface area contributed by atoms with Crippen LogP contribution >= 0.6 is 11.6 Å². The lowest BCUT2D eigenvalue weighted by atomic mass is 9.77. The van der Waals surface area contributed by atoms with Crippen molar-refractivity contribution < 1.29 is 13.6 Å². The van der Waals surface area contributed by atoms with Gasteiger partial charge in [0.15, 0.2) is 0 Å². The number of halogens is 3. The number of carbonyl (C=O) groups excluding carboxylic acids is 1. The number of hydrogen-bond acceptors (Lipinski definition) is 1. The van der Waals surface area contributed by atoms with Crippen molar-refractivity contribution in [1.29, 1.82) is 0 Å². The third kappa shape index (κ3) is 4.79. The van der Waals surface area contributed by atoms with Crippen LogP contribution < -0.4 is 5.32 Å². The minimum atomic E-state index is -0.375. The average molecular weight is 364 g/mol. The van der Waals surface area contributed by atoms with Crippen LogP contribution in [0.1, 0.15) is 43.6 Å². The highest BCUT2D eigenvalue weighted by Crippen LogP contribution is 2.37. The minimum absolute atomic E-state index is 0.0485. The normalized spacial score (nSPS) is 20.3. The van der Waals surface area contributed by atoms with E-state index in [1.807, 2.05) is 6.07 Å². The standard InChI is InChI=1S/C20H20ClF2NO/c21-18-10-5-15(12-19(18)23)14-3-1-13(2-4-14)11-20(25)24-17-8-6-16(22)7-9-17/h5-10,12-14H,1-4,11H2,(H,24,25). The third-order valence-electron chi connectivity index (χ3n) is 4.86. The van der Waals surface area contributed by atoms with Crippen LogP contribution in [0.3, 0.4) is 0 Å². The van der Waals surface area contributed by atoms with Gasteiger partial charge in [0.1, 0.15) is 11.6 Å². The van der Waals surface area contributed by atoms with Crippen molar-refractivity contribution in [2.45, 2.75) is 38.0 Å². The van der Waals surface area contributed by atoms with Crippen molar-refractivity contribution >= 4 is 23.2 Å². The number of nitrogens with one attached hydrogen (secondary N) is 1. The van der Waals surface area contributed by atoms with E-state index in [1.54, 1.807) is 18.2 Å². The molecule has 0 aromatic heterocycles. The molecule has 0 spiro atoms. The van der Waals surface area contributed by atoms with Gasteiger partial charge >= 0.3 is 0 Å². The van der Waals surface area contributed by atoms with E-state index in [0.29, 0.717) is 23.9 Å². The highest BCUT2D eigenvalue weighted by Gasteiger charge is 2.24. The number of benzene rings is 2. The minimum Gasteiger partial charge on any atom is -0.326 e. The Bertz CT molecular complexity index is 740. The molecule has 1 aliphatic carbocycles. The van der Waals surface area contributed by atoms with Gasteiger partial charge in [-0.15, -0.1) is 0 Å². The molecule has 2 nitrogen and oxygen atoms in total. The van der Waals surface area contributed by atoms with Crippen molar-refractivity contribution in [3.8, 4) is 0 Å². The summed E-state index contributed by atoms with van der Waals surface area (Å²) in [6, 6.07) is 10.8. The van der Waals surface area contributed by atoms with Crippen LogP contribution in [0.25, 0.3) is 0 Å². The van der Waals surface area contributed by atoms with Gasteiger partial charge in [-0.25, -0.2) is 8.78 Å². The lowest BCUT2D eigenvalue weighted by Gasteiger charge is -2.28. The third-order valence-corrected chi connectivity index (χ3v) is 5.17. The molecule has 0 saturated heterocycles. The maximum absolute atomic E-state index is 13.6. The summed E-state index contributed by atoms with van der Waals surface area (Å²) in [5.41, 5.74) is 1.59. The molecule has 0 heterocycles. The smallest absolute Gasteiger partial charge is 0.224 e. The van der Waals surface area contributed by atoms with Gasteiger partial charge in [0.25, 0.3) is 0 Å². The van der Waals surface area contributed by atoms with E-state index in [-0.39, 0.29) is 22.6 Å². The van der Waals surface area contributed by atoms with E-state index >= 15 is 0 Å². The van der Waals surface area contributed by atoms with Gasteiger partial charge in [-0.1, -0.05) is 17.7 Å². The molecule has 3 rings (SSSR count). The Balaban J connectivity index is 1.49. The molecule has 0 aliphatic heterocycles. The first-order valence-corrected chi connectivity index (χ1v) is 8.89. The second-order valence-corrected chi connectivity index (χ2v) is 7.06. The zero-order valence-electron chi connectivity index (χ0n) is 13.8. The number of anilines is 1. The summed E-state index contributed by atoms with van der Waals surface area (Å²) < 4.78 is 26.5. The highest BCUT2D eigenvalue weighted by atomic mass is 35.5. The summed E-state index contributed by atoms with van der Waals surface area (Å²) >= 11 is 5.73. The summed E-state index contributed by atoms with van der Waals surface area (Å²) in [5, 5.41) is 2.95. The van der Waals surface area contributed by atoms with Gasteiger partial charge in [0.05, 0.1) is 5.02 Å². The molecule has 1 aliphatic rings. The van der Waals surface area contributed by atoms with Crippen molar-refractivity contribution in [3.05, 3.63) is 64.7 Å². The van der Waals surface area contributed by atoms with Crippen molar-refractivity contribution in [1.82, 2.24) is 0 Å². The molecule has 5 heteroatoms. The zero-order chi connectivity index (χ0) is 17.8. The SMILES string of the molecule is O=C(CC1CCC(c2ccc(Cl)c(F)c2)CC1)Nc1ccc(F)cc1. The predicted molar refractivity (Wildman–Crippen MR) is 95.8 cm³/mol. The molecule has 2 aromatic rings. The first kappa shape index (κ1) is 17.9. The fourth-order valence-corrected chi connectivity index (χ4v) is 3.59. The predicted octanol–water partition coefficient (Wildman–Crippen LogP) is 5.92. The molecule has 0 unspecified atom stereocenters. The van der Waals surface area contributed by atoms with Crippen LogP contribution in [0.2, 0.25) is 5.02 Å². The van der Waals surface area contributed by atoms with E-state index < -0.39 is 0 Å². The maximum Gasteiger partial charge on any atom is 0.224 e. The molecule has 25 heavy (non-hydrogen) atoms. The topological polar surface area (TPSA) is 29.1 Å². The number of carbonyl (C=O) groups is 1. The van der Waals surface area contributed by atoms with Crippen molar-refractivity contribution in [3.63, 3.8) is 0 Å². The Labute approximate surface area is 151 Å². The van der Waals surface area contributed by atoms with Crippen LogP contribution in [-0.2, 0) is 4.79 Å². The van der Waals surface area contributed by atoms with E-state index in [9.17, 15) is 13.6 Å². The Kier molecular flexibility index (Phi) is 5.69. The van der Waals surface area contributed by atoms with Crippen LogP contribution in [0.15, 0.2) is 42.5 Å². The van der Waals surface area contributed by atoms with Crippen LogP contribution in [0, 0.1) is 17.6 Å². The quantitative estimate of drug-likeness (QED) is 0.717. The molecule has 1 saturated carbocycles. The Morgan fingerprint density at radius 3 is 2.36 bits per heavy atom. The second kappa shape index (κ2) is 7.96. The Morgan fingerprint density at radius 2 is 1.72 bits per heavy atom. The molecule has 0 radical (unpaired) electrons. The largest absolute Gasteiger partial charge is 0.326 e. The Hall–Kier alpha value is -1.94. The van der Waals surface area contributed by atoms with Gasteiger partial charge in [-0.2, -0.15) is 0 Å². The second-order valence-electron chi connectivity index (χ2n) is 6.65. The fraction of sp³-hybridized carbons (Fsp3) is 0.350. The Morgan fingerprint density at radius 1 is 1.04 bits per heavy atom. The summed E-state index contributed by atoms with van der Waals surface area (Å²) in [5.74, 6) is -0.0976. The summed E-state index contributed by atoms with van der Waals surface area (Å²) in [7, 11) is 0. The molecule has 1 N–H and O–H groups in total. The van der Waals surface area contributed by atoms with Gasteiger partial charge < -0.3 is 5.32 Å². The summed E-state index contributed by atoms with van der Waals surface area (Å²) in [4.78, 5) is 12.1. The van der Waals surface area contributed by atoms with E-state index in [0.717, 1.165) is 31.2 Å². The first-order valence-electron chi connectivity index (χ1n) is 8.51. The van der Waals surface area contributed by atoms with E-state index in [1.165, 1.54) is 18.2 Å². The first-order chi connectivity index (χ1) is 12.0. The molecular weight excluding hydrogens is 344 g/mol.